The van der Waals surface area contributed by atoms with Gasteiger partial charge in [-0.25, -0.2) is 0 Å². The van der Waals surface area contributed by atoms with Gasteiger partial charge >= 0.3 is 0 Å². The van der Waals surface area contributed by atoms with Crippen molar-refractivity contribution in [3.8, 4) is 0 Å². The molecule has 0 saturated carbocycles. The lowest BCUT2D eigenvalue weighted by molar-refractivity contribution is -0.118. The van der Waals surface area contributed by atoms with E-state index in [1.54, 1.807) is 24.3 Å². The Morgan fingerprint density at radius 1 is 1.37 bits per heavy atom. The molecule has 1 amide bonds. The van der Waals surface area contributed by atoms with Crippen molar-refractivity contribution >= 4 is 23.2 Å². The minimum atomic E-state index is 0.00247. The van der Waals surface area contributed by atoms with Crippen molar-refractivity contribution in [2.24, 2.45) is 5.73 Å². The minimum absolute atomic E-state index is 0.00247. The molecule has 104 valence electrons. The zero-order chi connectivity index (χ0) is 13.7. The largest absolute Gasteiger partial charge is 0.329 e. The average Bonchev–Trinajstić information content (AvgIpc) is 2.42. The van der Waals surface area contributed by atoms with E-state index in [4.69, 9.17) is 17.3 Å². The number of amides is 1. The van der Waals surface area contributed by atoms with Crippen LogP contribution in [0, 0.1) is 0 Å². The SMILES string of the molecule is NCC1CCCCN1CC(=O)Nc1ccc(Cl)cc1. The van der Waals surface area contributed by atoms with Gasteiger partial charge in [-0.05, 0) is 43.7 Å². The number of carbonyl (C=O) groups excluding carboxylic acids is 1. The lowest BCUT2D eigenvalue weighted by Gasteiger charge is -2.34. The highest BCUT2D eigenvalue weighted by Gasteiger charge is 2.22. The van der Waals surface area contributed by atoms with Crippen LogP contribution in [0.1, 0.15) is 19.3 Å². The molecular formula is C14H20ClN3O. The number of anilines is 1. The van der Waals surface area contributed by atoms with Gasteiger partial charge in [-0.1, -0.05) is 18.0 Å². The van der Waals surface area contributed by atoms with Crippen LogP contribution < -0.4 is 11.1 Å². The molecule has 1 aromatic carbocycles. The number of halogens is 1. The van der Waals surface area contributed by atoms with Crippen LogP contribution in [-0.2, 0) is 4.79 Å². The molecule has 2 rings (SSSR count). The van der Waals surface area contributed by atoms with E-state index in [0.29, 0.717) is 24.2 Å². The second-order valence-corrected chi connectivity index (χ2v) is 5.35. The van der Waals surface area contributed by atoms with Crippen LogP contribution in [0.5, 0.6) is 0 Å². The monoisotopic (exact) mass is 281 g/mol. The van der Waals surface area contributed by atoms with E-state index in [-0.39, 0.29) is 5.91 Å². The summed E-state index contributed by atoms with van der Waals surface area (Å²) in [4.78, 5) is 14.2. The van der Waals surface area contributed by atoms with Gasteiger partial charge in [0.1, 0.15) is 0 Å². The number of nitrogens with zero attached hydrogens (tertiary/aromatic N) is 1. The standard InChI is InChI=1S/C14H20ClN3O/c15-11-4-6-12(7-5-11)17-14(19)10-18-8-2-1-3-13(18)9-16/h4-7,13H,1-3,8-10,16H2,(H,17,19). The number of rotatable bonds is 4. The fourth-order valence-corrected chi connectivity index (χ4v) is 2.58. The second-order valence-electron chi connectivity index (χ2n) is 4.91. The Balaban J connectivity index is 1.88. The fourth-order valence-electron chi connectivity index (χ4n) is 2.45. The van der Waals surface area contributed by atoms with E-state index in [1.807, 2.05) is 0 Å². The maximum Gasteiger partial charge on any atom is 0.238 e. The zero-order valence-electron chi connectivity index (χ0n) is 10.9. The summed E-state index contributed by atoms with van der Waals surface area (Å²) in [7, 11) is 0. The van der Waals surface area contributed by atoms with Crippen LogP contribution in [-0.4, -0.2) is 36.5 Å². The molecule has 1 aliphatic rings. The molecule has 1 saturated heterocycles. The van der Waals surface area contributed by atoms with Gasteiger partial charge in [0.25, 0.3) is 0 Å². The van der Waals surface area contributed by atoms with E-state index in [1.165, 1.54) is 6.42 Å². The Kier molecular flexibility index (Phi) is 5.19. The molecule has 4 nitrogen and oxygen atoms in total. The van der Waals surface area contributed by atoms with Gasteiger partial charge in [0.2, 0.25) is 5.91 Å². The molecule has 0 aliphatic carbocycles. The highest BCUT2D eigenvalue weighted by Crippen LogP contribution is 2.17. The molecular weight excluding hydrogens is 262 g/mol. The summed E-state index contributed by atoms with van der Waals surface area (Å²) in [5.41, 5.74) is 6.52. The van der Waals surface area contributed by atoms with Crippen molar-refractivity contribution in [2.45, 2.75) is 25.3 Å². The summed E-state index contributed by atoms with van der Waals surface area (Å²) in [6.45, 7) is 1.98. The molecule has 3 N–H and O–H groups in total. The maximum atomic E-state index is 12.0. The molecule has 19 heavy (non-hydrogen) atoms. The Morgan fingerprint density at radius 2 is 2.11 bits per heavy atom. The van der Waals surface area contributed by atoms with E-state index in [9.17, 15) is 4.79 Å². The number of nitrogens with one attached hydrogen (secondary N) is 1. The van der Waals surface area contributed by atoms with Gasteiger partial charge in [-0.3, -0.25) is 9.69 Å². The molecule has 1 fully saturated rings. The molecule has 1 aromatic rings. The van der Waals surface area contributed by atoms with Crippen LogP contribution in [0.4, 0.5) is 5.69 Å². The Bertz CT molecular complexity index is 421. The summed E-state index contributed by atoms with van der Waals surface area (Å²) in [6.07, 6.45) is 3.44. The highest BCUT2D eigenvalue weighted by atomic mass is 35.5. The molecule has 0 aromatic heterocycles. The number of carbonyl (C=O) groups is 1. The van der Waals surface area contributed by atoms with Gasteiger partial charge in [0.15, 0.2) is 0 Å². The average molecular weight is 282 g/mol. The Morgan fingerprint density at radius 3 is 2.79 bits per heavy atom. The number of hydrogen-bond acceptors (Lipinski definition) is 3. The summed E-state index contributed by atoms with van der Waals surface area (Å²) in [5.74, 6) is 0.00247. The minimum Gasteiger partial charge on any atom is -0.329 e. The second kappa shape index (κ2) is 6.89. The molecule has 1 aliphatic heterocycles. The Hall–Kier alpha value is -1.10. The van der Waals surface area contributed by atoms with E-state index >= 15 is 0 Å². The Labute approximate surface area is 118 Å². The predicted molar refractivity (Wildman–Crippen MR) is 78.3 cm³/mol. The zero-order valence-corrected chi connectivity index (χ0v) is 11.7. The van der Waals surface area contributed by atoms with Crippen LogP contribution >= 0.6 is 11.6 Å². The number of nitrogens with two attached hydrogens (primary N) is 1. The van der Waals surface area contributed by atoms with Gasteiger partial charge in [0.05, 0.1) is 6.54 Å². The molecule has 1 heterocycles. The molecule has 1 atom stereocenters. The third-order valence-corrected chi connectivity index (χ3v) is 3.75. The van der Waals surface area contributed by atoms with Crippen molar-refractivity contribution in [1.82, 2.24) is 4.90 Å². The third kappa shape index (κ3) is 4.20. The topological polar surface area (TPSA) is 58.4 Å². The van der Waals surface area contributed by atoms with E-state index < -0.39 is 0 Å². The van der Waals surface area contributed by atoms with Crippen molar-refractivity contribution in [3.05, 3.63) is 29.3 Å². The molecule has 0 bridgehead atoms. The first-order valence-electron chi connectivity index (χ1n) is 6.68. The first-order valence-corrected chi connectivity index (χ1v) is 7.06. The highest BCUT2D eigenvalue weighted by molar-refractivity contribution is 6.30. The fraction of sp³-hybridized carbons (Fsp3) is 0.500. The number of hydrogen-bond donors (Lipinski definition) is 2. The van der Waals surface area contributed by atoms with Gasteiger partial charge in [-0.2, -0.15) is 0 Å². The summed E-state index contributed by atoms with van der Waals surface area (Å²) in [5, 5.41) is 3.55. The number of benzene rings is 1. The molecule has 0 spiro atoms. The lowest BCUT2D eigenvalue weighted by Crippen LogP contribution is -2.47. The van der Waals surface area contributed by atoms with Crippen LogP contribution in [0.15, 0.2) is 24.3 Å². The van der Waals surface area contributed by atoms with Crippen molar-refractivity contribution in [1.29, 1.82) is 0 Å². The van der Waals surface area contributed by atoms with Gasteiger partial charge < -0.3 is 11.1 Å². The molecule has 1 unspecified atom stereocenters. The normalized spacial score (nSPS) is 20.2. The van der Waals surface area contributed by atoms with Crippen LogP contribution in [0.3, 0.4) is 0 Å². The van der Waals surface area contributed by atoms with E-state index in [2.05, 4.69) is 10.2 Å². The number of likely N-dealkylation sites (tertiary alicyclic amines) is 1. The molecule has 0 radical (unpaired) electrons. The third-order valence-electron chi connectivity index (χ3n) is 3.50. The van der Waals surface area contributed by atoms with Crippen molar-refractivity contribution in [3.63, 3.8) is 0 Å². The van der Waals surface area contributed by atoms with Crippen LogP contribution in [0.2, 0.25) is 5.02 Å². The van der Waals surface area contributed by atoms with Gasteiger partial charge in [0, 0.05) is 23.3 Å². The predicted octanol–water partition coefficient (Wildman–Crippen LogP) is 2.09. The smallest absolute Gasteiger partial charge is 0.238 e. The van der Waals surface area contributed by atoms with E-state index in [0.717, 1.165) is 25.1 Å². The first-order chi connectivity index (χ1) is 9.19. The van der Waals surface area contributed by atoms with Crippen molar-refractivity contribution < 1.29 is 4.79 Å². The lowest BCUT2D eigenvalue weighted by atomic mass is 10.0. The quantitative estimate of drug-likeness (QED) is 0.888. The summed E-state index contributed by atoms with van der Waals surface area (Å²) >= 11 is 5.81. The van der Waals surface area contributed by atoms with Crippen LogP contribution in [0.25, 0.3) is 0 Å². The number of piperidine rings is 1. The molecule has 5 heteroatoms. The summed E-state index contributed by atoms with van der Waals surface area (Å²) in [6, 6.07) is 7.47. The summed E-state index contributed by atoms with van der Waals surface area (Å²) < 4.78 is 0. The maximum absolute atomic E-state index is 12.0. The van der Waals surface area contributed by atoms with Gasteiger partial charge in [-0.15, -0.1) is 0 Å². The van der Waals surface area contributed by atoms with Crippen molar-refractivity contribution in [2.75, 3.05) is 25.0 Å². The first kappa shape index (κ1) is 14.3.